The molecule has 1 aliphatic rings. The summed E-state index contributed by atoms with van der Waals surface area (Å²) in [6, 6.07) is 20.3. The van der Waals surface area contributed by atoms with E-state index in [1.165, 1.54) is 5.56 Å². The van der Waals surface area contributed by atoms with Crippen LogP contribution in [0.4, 0.5) is 0 Å². The molecule has 4 nitrogen and oxygen atoms in total. The number of amides is 1. The van der Waals surface area contributed by atoms with Crippen molar-refractivity contribution in [2.75, 3.05) is 19.6 Å². The molecule has 1 saturated heterocycles. The number of piperazine rings is 1. The van der Waals surface area contributed by atoms with Crippen LogP contribution in [0.2, 0.25) is 0 Å². The van der Waals surface area contributed by atoms with Crippen molar-refractivity contribution in [2.45, 2.75) is 32.5 Å². The van der Waals surface area contributed by atoms with Crippen molar-refractivity contribution >= 4 is 30.7 Å². The summed E-state index contributed by atoms with van der Waals surface area (Å²) in [5, 5.41) is 0. The Kier molecular flexibility index (Phi) is 9.97. The highest BCUT2D eigenvalue weighted by atomic mass is 35.5. The van der Waals surface area contributed by atoms with Crippen LogP contribution in [0.1, 0.15) is 31.0 Å². The van der Waals surface area contributed by atoms with E-state index >= 15 is 0 Å². The summed E-state index contributed by atoms with van der Waals surface area (Å²) in [6.07, 6.45) is 0. The van der Waals surface area contributed by atoms with E-state index in [-0.39, 0.29) is 48.7 Å². The molecule has 1 heterocycles. The minimum Gasteiger partial charge on any atom is -0.337 e. The van der Waals surface area contributed by atoms with Crippen molar-refractivity contribution in [2.24, 2.45) is 11.7 Å². The maximum Gasteiger partial charge on any atom is 0.227 e. The van der Waals surface area contributed by atoms with Crippen LogP contribution < -0.4 is 5.73 Å². The van der Waals surface area contributed by atoms with Crippen molar-refractivity contribution in [1.82, 2.24) is 9.80 Å². The first-order chi connectivity index (χ1) is 12.6. The molecule has 0 radical (unpaired) electrons. The monoisotopic (exact) mass is 423 g/mol. The molecule has 3 atom stereocenters. The number of hydrogen-bond acceptors (Lipinski definition) is 3. The molecule has 154 valence electrons. The average molecular weight is 424 g/mol. The second-order valence-corrected chi connectivity index (χ2v) is 7.33. The van der Waals surface area contributed by atoms with Crippen molar-refractivity contribution in [3.8, 4) is 0 Å². The number of carbonyl (C=O) groups excluding carboxylic acids is 1. The number of nitrogens with two attached hydrogens (primary N) is 1. The summed E-state index contributed by atoms with van der Waals surface area (Å²) in [6.45, 7) is 7.58. The molecule has 28 heavy (non-hydrogen) atoms. The summed E-state index contributed by atoms with van der Waals surface area (Å²) in [7, 11) is 0. The standard InChI is InChI=1S/C22H29N3O.2ClH/c1-17-15-24(16-19-9-5-3-6-10-19)13-14-25(17)22(26)18(2)21(23)20-11-7-4-8-12-20;;/h3-12,17-18,21H,13-16,23H2,1-2H3;2*1H. The van der Waals surface area contributed by atoms with E-state index in [9.17, 15) is 4.79 Å². The van der Waals surface area contributed by atoms with Crippen LogP contribution in [0.3, 0.4) is 0 Å². The zero-order valence-corrected chi connectivity index (χ0v) is 18.2. The smallest absolute Gasteiger partial charge is 0.227 e. The van der Waals surface area contributed by atoms with Crippen molar-refractivity contribution in [3.05, 3.63) is 71.8 Å². The normalized spacial score (nSPS) is 19.1. The Morgan fingerprint density at radius 1 is 1.04 bits per heavy atom. The predicted molar refractivity (Wildman–Crippen MR) is 120 cm³/mol. The second kappa shape index (κ2) is 11.4. The van der Waals surface area contributed by atoms with E-state index < -0.39 is 0 Å². The summed E-state index contributed by atoms with van der Waals surface area (Å²) in [4.78, 5) is 17.4. The second-order valence-electron chi connectivity index (χ2n) is 7.33. The third-order valence-corrected chi connectivity index (χ3v) is 5.36. The molecular formula is C22H31Cl2N3O. The van der Waals surface area contributed by atoms with Crippen LogP contribution in [0, 0.1) is 5.92 Å². The molecule has 2 aromatic rings. The number of carbonyl (C=O) groups is 1. The average Bonchev–Trinajstić information content (AvgIpc) is 2.68. The van der Waals surface area contributed by atoms with Crippen LogP contribution in [0.25, 0.3) is 0 Å². The van der Waals surface area contributed by atoms with Gasteiger partial charge in [-0.2, -0.15) is 0 Å². The maximum atomic E-state index is 13.0. The van der Waals surface area contributed by atoms with E-state index in [1.54, 1.807) is 0 Å². The molecule has 0 aromatic heterocycles. The van der Waals surface area contributed by atoms with E-state index in [2.05, 4.69) is 36.1 Å². The lowest BCUT2D eigenvalue weighted by molar-refractivity contribution is -0.140. The van der Waals surface area contributed by atoms with Crippen LogP contribution in [-0.4, -0.2) is 41.4 Å². The Bertz CT molecular complexity index is 714. The molecule has 0 aliphatic carbocycles. The fraction of sp³-hybridized carbons (Fsp3) is 0.409. The number of rotatable bonds is 5. The molecule has 0 spiro atoms. The molecule has 3 unspecified atom stereocenters. The highest BCUT2D eigenvalue weighted by Gasteiger charge is 2.32. The van der Waals surface area contributed by atoms with Gasteiger partial charge in [-0.05, 0) is 18.1 Å². The molecule has 2 aromatic carbocycles. The van der Waals surface area contributed by atoms with Gasteiger partial charge in [-0.3, -0.25) is 9.69 Å². The Morgan fingerprint density at radius 2 is 1.61 bits per heavy atom. The van der Waals surface area contributed by atoms with Gasteiger partial charge in [0.2, 0.25) is 5.91 Å². The zero-order valence-electron chi connectivity index (χ0n) is 16.5. The zero-order chi connectivity index (χ0) is 18.5. The third kappa shape index (κ3) is 5.95. The topological polar surface area (TPSA) is 49.6 Å². The third-order valence-electron chi connectivity index (χ3n) is 5.36. The first-order valence-corrected chi connectivity index (χ1v) is 9.43. The first-order valence-electron chi connectivity index (χ1n) is 9.43. The van der Waals surface area contributed by atoms with Crippen molar-refractivity contribution < 1.29 is 4.79 Å². The first kappa shape index (κ1) is 24.4. The maximum absolute atomic E-state index is 13.0. The van der Waals surface area contributed by atoms with Gasteiger partial charge < -0.3 is 10.6 Å². The number of nitrogens with zero attached hydrogens (tertiary/aromatic N) is 2. The van der Waals surface area contributed by atoms with E-state index in [4.69, 9.17) is 5.73 Å². The van der Waals surface area contributed by atoms with E-state index in [0.717, 1.165) is 31.7 Å². The van der Waals surface area contributed by atoms with E-state index in [0.29, 0.717) is 0 Å². The van der Waals surface area contributed by atoms with Gasteiger partial charge in [0, 0.05) is 38.3 Å². The molecule has 6 heteroatoms. The fourth-order valence-corrected chi connectivity index (χ4v) is 3.72. The highest BCUT2D eigenvalue weighted by Crippen LogP contribution is 2.23. The SMILES string of the molecule is CC(C(=O)N1CCN(Cc2ccccc2)CC1C)C(N)c1ccccc1.Cl.Cl. The Morgan fingerprint density at radius 3 is 2.18 bits per heavy atom. The summed E-state index contributed by atoms with van der Waals surface area (Å²) >= 11 is 0. The highest BCUT2D eigenvalue weighted by molar-refractivity contribution is 5.85. The number of benzene rings is 2. The minimum atomic E-state index is -0.266. The van der Waals surface area contributed by atoms with Crippen LogP contribution in [0.5, 0.6) is 0 Å². The molecule has 1 fully saturated rings. The number of hydrogen-bond donors (Lipinski definition) is 1. The lowest BCUT2D eigenvalue weighted by Crippen LogP contribution is -2.55. The summed E-state index contributed by atoms with van der Waals surface area (Å²) in [5.74, 6) is -0.0614. The Balaban J connectivity index is 0.00000196. The Hall–Kier alpha value is -1.59. The van der Waals surface area contributed by atoms with E-state index in [1.807, 2.05) is 48.2 Å². The minimum absolute atomic E-state index is 0. The van der Waals surface area contributed by atoms with Gasteiger partial charge in [0.05, 0.1) is 5.92 Å². The molecule has 0 saturated carbocycles. The molecule has 2 N–H and O–H groups in total. The van der Waals surface area contributed by atoms with Gasteiger partial charge in [0.25, 0.3) is 0 Å². The Labute approximate surface area is 180 Å². The lowest BCUT2D eigenvalue weighted by Gasteiger charge is -2.41. The van der Waals surface area contributed by atoms with Gasteiger partial charge in [-0.1, -0.05) is 67.6 Å². The van der Waals surface area contributed by atoms with Crippen molar-refractivity contribution in [1.29, 1.82) is 0 Å². The lowest BCUT2D eigenvalue weighted by atomic mass is 9.93. The summed E-state index contributed by atoms with van der Waals surface area (Å²) in [5.41, 5.74) is 8.70. The van der Waals surface area contributed by atoms with Crippen LogP contribution in [-0.2, 0) is 11.3 Å². The van der Waals surface area contributed by atoms with Crippen molar-refractivity contribution in [3.63, 3.8) is 0 Å². The van der Waals surface area contributed by atoms with Gasteiger partial charge in [0.15, 0.2) is 0 Å². The molecule has 3 rings (SSSR count). The van der Waals surface area contributed by atoms with Crippen LogP contribution in [0.15, 0.2) is 60.7 Å². The van der Waals surface area contributed by atoms with Gasteiger partial charge in [-0.25, -0.2) is 0 Å². The fourth-order valence-electron chi connectivity index (χ4n) is 3.72. The van der Waals surface area contributed by atoms with Gasteiger partial charge >= 0.3 is 0 Å². The largest absolute Gasteiger partial charge is 0.337 e. The molecule has 0 bridgehead atoms. The van der Waals surface area contributed by atoms with Crippen LogP contribution >= 0.6 is 24.8 Å². The summed E-state index contributed by atoms with van der Waals surface area (Å²) < 4.78 is 0. The molecular weight excluding hydrogens is 393 g/mol. The molecule has 1 aliphatic heterocycles. The molecule has 1 amide bonds. The van der Waals surface area contributed by atoms with Gasteiger partial charge in [0.1, 0.15) is 0 Å². The quantitative estimate of drug-likeness (QED) is 0.792. The number of halogens is 2. The predicted octanol–water partition coefficient (Wildman–Crippen LogP) is 3.90. The van der Waals surface area contributed by atoms with Gasteiger partial charge in [-0.15, -0.1) is 24.8 Å².